The highest BCUT2D eigenvalue weighted by atomic mass is 28.4. The fourth-order valence-corrected chi connectivity index (χ4v) is 3.46. The Morgan fingerprint density at radius 2 is 1.71 bits per heavy atom. The van der Waals surface area contributed by atoms with E-state index in [1.807, 2.05) is 6.92 Å². The van der Waals surface area contributed by atoms with Crippen molar-refractivity contribution < 1.29 is 18.0 Å². The van der Waals surface area contributed by atoms with Crippen molar-refractivity contribution in [2.45, 2.75) is 26.3 Å². The molecule has 1 unspecified atom stereocenters. The second-order valence-electron chi connectivity index (χ2n) is 4.41. The fourth-order valence-electron chi connectivity index (χ4n) is 1.50. The quantitative estimate of drug-likeness (QED) is 0.448. The van der Waals surface area contributed by atoms with Crippen molar-refractivity contribution in [3.8, 4) is 0 Å². The van der Waals surface area contributed by atoms with E-state index in [1.54, 1.807) is 21.3 Å². The van der Waals surface area contributed by atoms with Crippen molar-refractivity contribution in [2.24, 2.45) is 5.92 Å². The van der Waals surface area contributed by atoms with Crippen LogP contribution in [-0.4, -0.2) is 43.3 Å². The summed E-state index contributed by atoms with van der Waals surface area (Å²) in [5.74, 6) is 0.460. The van der Waals surface area contributed by atoms with Gasteiger partial charge in [-0.1, -0.05) is 19.1 Å². The van der Waals surface area contributed by atoms with Gasteiger partial charge in [0.1, 0.15) is 0 Å². The van der Waals surface area contributed by atoms with E-state index in [9.17, 15) is 0 Å². The lowest BCUT2D eigenvalue weighted by atomic mass is 10.1. The van der Waals surface area contributed by atoms with Crippen LogP contribution in [0.4, 0.5) is 0 Å². The van der Waals surface area contributed by atoms with Gasteiger partial charge in [-0.3, -0.25) is 0 Å². The van der Waals surface area contributed by atoms with E-state index >= 15 is 0 Å². The molecule has 0 saturated carbocycles. The van der Waals surface area contributed by atoms with Gasteiger partial charge in [-0.05, 0) is 19.3 Å². The highest BCUT2D eigenvalue weighted by molar-refractivity contribution is 6.60. The molecule has 0 saturated heterocycles. The predicted octanol–water partition coefficient (Wildman–Crippen LogP) is 2.48. The van der Waals surface area contributed by atoms with Gasteiger partial charge in [-0.2, -0.15) is 0 Å². The highest BCUT2D eigenvalue weighted by Gasteiger charge is 2.37. The lowest BCUT2D eigenvalue weighted by Crippen LogP contribution is -2.43. The monoisotopic (exact) mass is 262 g/mol. The average molecular weight is 262 g/mol. The van der Waals surface area contributed by atoms with Crippen LogP contribution in [-0.2, 0) is 18.0 Å². The SMILES string of the molecule is C=C(C)COCC(C)CC[Si](OC)(OC)OC. The molecule has 0 aliphatic carbocycles. The summed E-state index contributed by atoms with van der Waals surface area (Å²) in [6.07, 6.45) is 0.970. The minimum atomic E-state index is -2.41. The van der Waals surface area contributed by atoms with E-state index in [-0.39, 0.29) is 0 Å². The summed E-state index contributed by atoms with van der Waals surface area (Å²) in [4.78, 5) is 0. The van der Waals surface area contributed by atoms with Gasteiger partial charge in [0.25, 0.3) is 0 Å². The number of ether oxygens (including phenoxy) is 1. The van der Waals surface area contributed by atoms with Crippen LogP contribution < -0.4 is 0 Å². The van der Waals surface area contributed by atoms with E-state index in [2.05, 4.69) is 13.5 Å². The van der Waals surface area contributed by atoms with Gasteiger partial charge in [-0.15, -0.1) is 0 Å². The molecule has 0 aliphatic heterocycles. The van der Waals surface area contributed by atoms with Crippen LogP contribution in [0.2, 0.25) is 6.04 Å². The zero-order valence-corrected chi connectivity index (χ0v) is 12.7. The Hall–Kier alpha value is -0.203. The van der Waals surface area contributed by atoms with Crippen LogP contribution in [0.25, 0.3) is 0 Å². The normalized spacial score (nSPS) is 13.7. The summed E-state index contributed by atoms with van der Waals surface area (Å²) in [6, 6.07) is 0.814. The molecule has 0 rings (SSSR count). The largest absolute Gasteiger partial charge is 0.500 e. The molecule has 0 radical (unpaired) electrons. The summed E-state index contributed by atoms with van der Waals surface area (Å²) in [5.41, 5.74) is 1.05. The van der Waals surface area contributed by atoms with Gasteiger partial charge in [0.05, 0.1) is 6.61 Å². The van der Waals surface area contributed by atoms with Gasteiger partial charge in [0.15, 0.2) is 0 Å². The van der Waals surface area contributed by atoms with Crippen LogP contribution in [0.1, 0.15) is 20.3 Å². The third-order valence-corrected chi connectivity index (χ3v) is 5.39. The molecule has 0 fully saturated rings. The highest BCUT2D eigenvalue weighted by Crippen LogP contribution is 2.19. The Labute approximate surface area is 106 Å². The molecule has 17 heavy (non-hydrogen) atoms. The predicted molar refractivity (Wildman–Crippen MR) is 71.0 cm³/mol. The Bertz CT molecular complexity index is 208. The zero-order valence-electron chi connectivity index (χ0n) is 11.7. The molecule has 0 amide bonds. The average Bonchev–Trinajstić information content (AvgIpc) is 2.31. The summed E-state index contributed by atoms with van der Waals surface area (Å²) in [7, 11) is 2.51. The Kier molecular flexibility index (Phi) is 8.72. The van der Waals surface area contributed by atoms with Gasteiger partial charge in [0, 0.05) is 34.0 Å². The molecule has 0 aromatic heterocycles. The first-order valence-corrected chi connectivity index (χ1v) is 7.80. The van der Waals surface area contributed by atoms with Gasteiger partial charge in [-0.25, -0.2) is 0 Å². The molecule has 102 valence electrons. The topological polar surface area (TPSA) is 36.9 Å². The van der Waals surface area contributed by atoms with Gasteiger partial charge >= 0.3 is 8.80 Å². The summed E-state index contributed by atoms with van der Waals surface area (Å²) < 4.78 is 21.6. The first-order chi connectivity index (χ1) is 7.99. The maximum Gasteiger partial charge on any atom is 0.500 e. The molecule has 0 bridgehead atoms. The third kappa shape index (κ3) is 6.95. The Morgan fingerprint density at radius 3 is 2.12 bits per heavy atom. The maximum absolute atomic E-state index is 5.52. The molecule has 0 aromatic rings. The summed E-state index contributed by atoms with van der Waals surface area (Å²) >= 11 is 0. The van der Waals surface area contributed by atoms with Crippen molar-refractivity contribution in [3.05, 3.63) is 12.2 Å². The third-order valence-electron chi connectivity index (χ3n) is 2.63. The van der Waals surface area contributed by atoms with Gasteiger partial charge in [0.2, 0.25) is 0 Å². The molecule has 0 aromatic carbocycles. The minimum Gasteiger partial charge on any atom is -0.377 e. The van der Waals surface area contributed by atoms with Crippen molar-refractivity contribution in [1.29, 1.82) is 0 Å². The lowest BCUT2D eigenvalue weighted by molar-refractivity contribution is 0.106. The summed E-state index contributed by atoms with van der Waals surface area (Å²) in [6.45, 7) is 9.27. The van der Waals surface area contributed by atoms with E-state index < -0.39 is 8.80 Å². The molecular weight excluding hydrogens is 236 g/mol. The standard InChI is InChI=1S/C12H26O4Si/c1-11(2)9-16-10-12(3)7-8-17(13-4,14-5)15-6/h12H,1,7-10H2,2-6H3. The smallest absolute Gasteiger partial charge is 0.377 e. The van der Waals surface area contributed by atoms with E-state index in [0.29, 0.717) is 12.5 Å². The molecular formula is C12H26O4Si. The van der Waals surface area contributed by atoms with E-state index in [1.165, 1.54) is 0 Å². The van der Waals surface area contributed by atoms with Crippen LogP contribution in [0, 0.1) is 5.92 Å². The van der Waals surface area contributed by atoms with Crippen LogP contribution in [0.15, 0.2) is 12.2 Å². The van der Waals surface area contributed by atoms with Crippen LogP contribution in [0.5, 0.6) is 0 Å². The van der Waals surface area contributed by atoms with Crippen molar-refractivity contribution >= 4 is 8.80 Å². The van der Waals surface area contributed by atoms with Crippen molar-refractivity contribution in [3.63, 3.8) is 0 Å². The second-order valence-corrected chi connectivity index (χ2v) is 7.50. The first-order valence-electron chi connectivity index (χ1n) is 5.87. The van der Waals surface area contributed by atoms with Crippen LogP contribution >= 0.6 is 0 Å². The Morgan fingerprint density at radius 1 is 1.18 bits per heavy atom. The van der Waals surface area contributed by atoms with E-state index in [0.717, 1.165) is 24.6 Å². The van der Waals surface area contributed by atoms with Crippen molar-refractivity contribution in [2.75, 3.05) is 34.5 Å². The molecule has 0 N–H and O–H groups in total. The minimum absolute atomic E-state index is 0.460. The molecule has 5 heteroatoms. The molecule has 0 aliphatic rings. The molecule has 0 spiro atoms. The summed E-state index contributed by atoms with van der Waals surface area (Å²) in [5, 5.41) is 0. The second kappa shape index (κ2) is 8.83. The van der Waals surface area contributed by atoms with E-state index in [4.69, 9.17) is 18.0 Å². The maximum atomic E-state index is 5.52. The molecule has 1 atom stereocenters. The fraction of sp³-hybridized carbons (Fsp3) is 0.833. The zero-order chi connectivity index (χ0) is 13.3. The lowest BCUT2D eigenvalue weighted by Gasteiger charge is -2.25. The number of hydrogen-bond acceptors (Lipinski definition) is 4. The Balaban J connectivity index is 3.88. The molecule has 4 nitrogen and oxygen atoms in total. The molecule has 0 heterocycles. The first kappa shape index (κ1) is 16.8. The van der Waals surface area contributed by atoms with Crippen molar-refractivity contribution in [1.82, 2.24) is 0 Å². The van der Waals surface area contributed by atoms with Gasteiger partial charge < -0.3 is 18.0 Å². The number of hydrogen-bond donors (Lipinski definition) is 0. The number of rotatable bonds is 10. The van der Waals surface area contributed by atoms with Crippen LogP contribution in [0.3, 0.4) is 0 Å².